The number of hydrogen-bond acceptors (Lipinski definition) is 6. The van der Waals surface area contributed by atoms with Crippen molar-refractivity contribution in [2.45, 2.75) is 284 Å². The summed E-state index contributed by atoms with van der Waals surface area (Å²) in [7, 11) is 0. The van der Waals surface area contributed by atoms with Crippen LogP contribution in [0.25, 0.3) is 0 Å². The molecular weight excluding hydrogens is 733 g/mol. The lowest BCUT2D eigenvalue weighted by molar-refractivity contribution is -0.167. The van der Waals surface area contributed by atoms with Crippen molar-refractivity contribution in [3.05, 3.63) is 24.3 Å². The highest BCUT2D eigenvalue weighted by Gasteiger charge is 2.19. The molecule has 1 unspecified atom stereocenters. The van der Waals surface area contributed by atoms with Gasteiger partial charge in [-0.3, -0.25) is 14.4 Å². The largest absolute Gasteiger partial charge is 0.462 e. The van der Waals surface area contributed by atoms with Crippen LogP contribution in [0.5, 0.6) is 0 Å². The summed E-state index contributed by atoms with van der Waals surface area (Å²) >= 11 is 0. The first-order valence-electron chi connectivity index (χ1n) is 25.8. The molecule has 0 aromatic carbocycles. The van der Waals surface area contributed by atoms with Crippen LogP contribution in [0.3, 0.4) is 0 Å². The third kappa shape index (κ3) is 46.8. The fourth-order valence-electron chi connectivity index (χ4n) is 7.53. The zero-order chi connectivity index (χ0) is 43.0. The summed E-state index contributed by atoms with van der Waals surface area (Å²) in [5.41, 5.74) is 0. The van der Waals surface area contributed by atoms with Crippen molar-refractivity contribution in [1.82, 2.24) is 0 Å². The maximum Gasteiger partial charge on any atom is 0.306 e. The highest BCUT2D eigenvalue weighted by molar-refractivity contribution is 5.71. The number of esters is 3. The van der Waals surface area contributed by atoms with Crippen molar-refractivity contribution in [3.8, 4) is 0 Å². The Balaban J connectivity index is 4.10. The molecule has 0 aromatic heterocycles. The maximum atomic E-state index is 12.7. The minimum absolute atomic E-state index is 0.0736. The Labute approximate surface area is 366 Å². The Morgan fingerprint density at radius 2 is 0.610 bits per heavy atom. The fraction of sp³-hybridized carbons (Fsp3) is 0.868. The molecule has 0 fully saturated rings. The number of rotatable bonds is 47. The molecule has 0 rings (SSSR count). The molecule has 0 aliphatic heterocycles. The lowest BCUT2D eigenvalue weighted by Gasteiger charge is -2.18. The van der Waals surface area contributed by atoms with E-state index in [2.05, 4.69) is 45.1 Å². The lowest BCUT2D eigenvalue weighted by Crippen LogP contribution is -2.30. The Bertz CT molecular complexity index is 958. The molecule has 59 heavy (non-hydrogen) atoms. The van der Waals surface area contributed by atoms with E-state index in [0.29, 0.717) is 19.3 Å². The summed E-state index contributed by atoms with van der Waals surface area (Å²) in [5.74, 6) is -0.890. The normalized spacial score (nSPS) is 12.1. The van der Waals surface area contributed by atoms with Gasteiger partial charge in [-0.15, -0.1) is 0 Å². The minimum Gasteiger partial charge on any atom is -0.462 e. The van der Waals surface area contributed by atoms with Crippen LogP contribution in [0.4, 0.5) is 0 Å². The summed E-state index contributed by atoms with van der Waals surface area (Å²) in [6.45, 7) is 6.55. The lowest BCUT2D eigenvalue weighted by atomic mass is 10.0. The molecule has 0 saturated carbocycles. The Morgan fingerprint density at radius 1 is 0.339 bits per heavy atom. The molecule has 6 heteroatoms. The molecule has 0 aliphatic carbocycles. The van der Waals surface area contributed by atoms with Gasteiger partial charge in [-0.05, 0) is 51.4 Å². The summed E-state index contributed by atoms with van der Waals surface area (Å²) in [4.78, 5) is 37.6. The van der Waals surface area contributed by atoms with Crippen LogP contribution in [0, 0.1) is 0 Å². The smallest absolute Gasteiger partial charge is 0.306 e. The van der Waals surface area contributed by atoms with Gasteiger partial charge in [0.05, 0.1) is 0 Å². The molecule has 1 atom stereocenters. The van der Waals surface area contributed by atoms with Crippen molar-refractivity contribution >= 4 is 17.9 Å². The number of unbranched alkanes of at least 4 members (excludes halogenated alkanes) is 32. The zero-order valence-corrected chi connectivity index (χ0v) is 39.5. The van der Waals surface area contributed by atoms with Crippen molar-refractivity contribution in [2.24, 2.45) is 0 Å². The second-order valence-electron chi connectivity index (χ2n) is 17.4. The summed E-state index contributed by atoms with van der Waals surface area (Å²) < 4.78 is 16.7. The van der Waals surface area contributed by atoms with Gasteiger partial charge in [0.25, 0.3) is 0 Å². The van der Waals surface area contributed by atoms with Gasteiger partial charge in [-0.25, -0.2) is 0 Å². The summed E-state index contributed by atoms with van der Waals surface area (Å²) in [5, 5.41) is 0. The van der Waals surface area contributed by atoms with E-state index in [4.69, 9.17) is 14.2 Å². The van der Waals surface area contributed by atoms with E-state index in [1.54, 1.807) is 0 Å². The molecule has 0 aromatic rings. The van der Waals surface area contributed by atoms with Crippen molar-refractivity contribution in [3.63, 3.8) is 0 Å². The Kier molecular flexibility index (Phi) is 46.8. The molecule has 0 radical (unpaired) electrons. The van der Waals surface area contributed by atoms with Crippen LogP contribution in [0.1, 0.15) is 278 Å². The first kappa shape index (κ1) is 56.9. The highest BCUT2D eigenvalue weighted by Crippen LogP contribution is 2.16. The van der Waals surface area contributed by atoms with E-state index in [-0.39, 0.29) is 31.1 Å². The monoisotopic (exact) mass is 831 g/mol. The fourth-order valence-corrected chi connectivity index (χ4v) is 7.53. The zero-order valence-electron chi connectivity index (χ0n) is 39.5. The Hall–Kier alpha value is -2.11. The van der Waals surface area contributed by atoms with Crippen LogP contribution in [-0.4, -0.2) is 37.2 Å². The maximum absolute atomic E-state index is 12.7. The van der Waals surface area contributed by atoms with Gasteiger partial charge in [0.1, 0.15) is 13.2 Å². The van der Waals surface area contributed by atoms with E-state index < -0.39 is 6.10 Å². The second kappa shape index (κ2) is 48.6. The molecule has 0 aliphatic rings. The molecule has 0 spiro atoms. The van der Waals surface area contributed by atoms with E-state index in [1.807, 2.05) is 0 Å². The number of carbonyl (C=O) groups is 3. The third-order valence-electron chi connectivity index (χ3n) is 11.5. The van der Waals surface area contributed by atoms with Gasteiger partial charge >= 0.3 is 17.9 Å². The van der Waals surface area contributed by atoms with E-state index in [9.17, 15) is 14.4 Å². The van der Waals surface area contributed by atoms with Crippen molar-refractivity contribution in [1.29, 1.82) is 0 Å². The van der Waals surface area contributed by atoms with Gasteiger partial charge < -0.3 is 14.2 Å². The molecular formula is C53H98O6. The quantitative estimate of drug-likeness (QED) is 0.0263. The number of hydrogen-bond donors (Lipinski definition) is 0. The summed E-state index contributed by atoms with van der Waals surface area (Å²) in [6.07, 6.45) is 54.9. The molecule has 346 valence electrons. The number of allylic oxidation sites excluding steroid dienone is 4. The minimum atomic E-state index is -0.770. The predicted molar refractivity (Wildman–Crippen MR) is 252 cm³/mol. The van der Waals surface area contributed by atoms with E-state index >= 15 is 0 Å². The van der Waals surface area contributed by atoms with Crippen LogP contribution >= 0.6 is 0 Å². The van der Waals surface area contributed by atoms with Crippen LogP contribution in [-0.2, 0) is 28.6 Å². The van der Waals surface area contributed by atoms with Crippen LogP contribution in [0.2, 0.25) is 0 Å². The molecule has 0 heterocycles. The van der Waals surface area contributed by atoms with E-state index in [1.165, 1.54) is 148 Å². The average molecular weight is 831 g/mol. The first-order valence-corrected chi connectivity index (χ1v) is 25.8. The topological polar surface area (TPSA) is 78.9 Å². The van der Waals surface area contributed by atoms with Crippen molar-refractivity contribution < 1.29 is 28.6 Å². The molecule has 0 saturated heterocycles. The standard InChI is InChI=1S/C53H98O6/c1-4-7-10-13-15-17-19-21-23-24-25-26-27-28-30-31-33-35-37-40-43-46-52(55)58-49-50(48-57-51(54)45-42-39-12-9-6-3)59-53(56)47-44-41-38-36-34-32-29-22-20-18-16-14-11-8-5-2/h16,18,22,29,50H,4-15,17,19-21,23-28,30-49H2,1-3H3/b18-16-,29-22-. The van der Waals surface area contributed by atoms with Gasteiger partial charge in [0, 0.05) is 19.3 Å². The molecule has 0 bridgehead atoms. The van der Waals surface area contributed by atoms with Crippen LogP contribution in [0.15, 0.2) is 24.3 Å². The Morgan fingerprint density at radius 3 is 0.966 bits per heavy atom. The first-order chi connectivity index (χ1) is 29.0. The molecule has 0 amide bonds. The van der Waals surface area contributed by atoms with Gasteiger partial charge in [0.2, 0.25) is 0 Å². The SMILES string of the molecule is CCCCC/C=C\C/C=C\CCCCCCCC(=O)OC(COC(=O)CCCCCCC)COC(=O)CCCCCCCCCCCCCCCCCCCCCCC. The van der Waals surface area contributed by atoms with Gasteiger partial charge in [0.15, 0.2) is 6.10 Å². The van der Waals surface area contributed by atoms with Gasteiger partial charge in [-0.1, -0.05) is 231 Å². The van der Waals surface area contributed by atoms with Gasteiger partial charge in [-0.2, -0.15) is 0 Å². The second-order valence-corrected chi connectivity index (χ2v) is 17.4. The number of ether oxygens (including phenoxy) is 3. The number of carbonyl (C=O) groups excluding carboxylic acids is 3. The van der Waals surface area contributed by atoms with E-state index in [0.717, 1.165) is 89.9 Å². The third-order valence-corrected chi connectivity index (χ3v) is 11.5. The van der Waals surface area contributed by atoms with Crippen molar-refractivity contribution in [2.75, 3.05) is 13.2 Å². The summed E-state index contributed by atoms with van der Waals surface area (Å²) in [6, 6.07) is 0. The molecule has 0 N–H and O–H groups in total. The predicted octanol–water partition coefficient (Wildman–Crippen LogP) is 16.8. The van der Waals surface area contributed by atoms with Crippen LogP contribution < -0.4 is 0 Å². The highest BCUT2D eigenvalue weighted by atomic mass is 16.6. The average Bonchev–Trinajstić information content (AvgIpc) is 3.23. The molecule has 6 nitrogen and oxygen atoms in total.